The van der Waals surface area contributed by atoms with Crippen molar-refractivity contribution in [2.75, 3.05) is 0 Å². The minimum Gasteiger partial charge on any atom is -0.376 e. The van der Waals surface area contributed by atoms with Crippen LogP contribution in [0.3, 0.4) is 0 Å². The van der Waals surface area contributed by atoms with Gasteiger partial charge in [0.25, 0.3) is 0 Å². The molecule has 0 amide bonds. The number of benzene rings is 4. The van der Waals surface area contributed by atoms with Crippen LogP contribution in [0.25, 0.3) is 49.4 Å². The van der Waals surface area contributed by atoms with Gasteiger partial charge in [-0.15, -0.1) is 0 Å². The maximum Gasteiger partial charge on any atom is 0.332 e. The summed E-state index contributed by atoms with van der Waals surface area (Å²) >= 11 is 0. The minimum absolute atomic E-state index is 0.00473. The zero-order chi connectivity index (χ0) is 28.3. The maximum absolute atomic E-state index is 4.75. The normalized spacial score (nSPS) is 13.6. The zero-order valence-corrected chi connectivity index (χ0v) is 24.5. The molecule has 200 valence electrons. The van der Waals surface area contributed by atoms with Crippen molar-refractivity contribution < 1.29 is 0 Å². The molecule has 1 aliphatic heterocycles. The van der Waals surface area contributed by atoms with E-state index >= 15 is 0 Å². The van der Waals surface area contributed by atoms with Crippen LogP contribution in [-0.4, -0.2) is 25.9 Å². The Morgan fingerprint density at radius 1 is 0.634 bits per heavy atom. The molecule has 0 aliphatic carbocycles. The summed E-state index contributed by atoms with van der Waals surface area (Å²) in [6.45, 7) is 13.8. The Morgan fingerprint density at radius 2 is 1.27 bits per heavy atom. The van der Waals surface area contributed by atoms with E-state index in [2.05, 4.69) is 134 Å². The van der Waals surface area contributed by atoms with Crippen LogP contribution < -0.4 is 10.9 Å². The summed E-state index contributed by atoms with van der Waals surface area (Å²) in [6, 6.07) is 29.8. The number of rotatable bonds is 1. The van der Waals surface area contributed by atoms with E-state index in [-0.39, 0.29) is 17.7 Å². The fourth-order valence-electron chi connectivity index (χ4n) is 6.91. The predicted molar refractivity (Wildman–Crippen MR) is 174 cm³/mol. The Balaban J connectivity index is 1.57. The van der Waals surface area contributed by atoms with Gasteiger partial charge >= 0.3 is 6.85 Å². The van der Waals surface area contributed by atoms with Gasteiger partial charge in [0, 0.05) is 32.9 Å². The smallest absolute Gasteiger partial charge is 0.332 e. The second kappa shape index (κ2) is 8.10. The number of para-hydroxylation sites is 2. The molecule has 4 nitrogen and oxygen atoms in total. The molecule has 0 saturated carbocycles. The molecule has 4 aromatic carbocycles. The lowest BCUT2D eigenvalue weighted by atomic mass is 9.48. The summed E-state index contributed by atoms with van der Waals surface area (Å²) in [5.74, 6) is 0. The van der Waals surface area contributed by atoms with Crippen molar-refractivity contribution in [2.24, 2.45) is 0 Å². The van der Waals surface area contributed by atoms with Crippen molar-refractivity contribution in [3.05, 3.63) is 103 Å². The standard InChI is InChI=1S/C36H33BN4/c1-35(2,3)22-14-16-24-25-17-15-23(36(4,5)6)19-31(25)41(30(24)18-22)37-27-11-7-8-13-29(27)40-32-20-38-21-39-33(32)26-10-9-12-28(37)34(26)40/h7-21H,1-6H3. The Kier molecular flexibility index (Phi) is 4.82. The second-order valence-corrected chi connectivity index (χ2v) is 13.6. The highest BCUT2D eigenvalue weighted by Crippen LogP contribution is 2.38. The number of hydrogen-bond donors (Lipinski definition) is 0. The predicted octanol–water partition coefficient (Wildman–Crippen LogP) is 7.24. The van der Waals surface area contributed by atoms with E-state index in [1.54, 1.807) is 6.33 Å². The molecule has 0 bridgehead atoms. The van der Waals surface area contributed by atoms with E-state index in [1.807, 2.05) is 6.20 Å². The van der Waals surface area contributed by atoms with Crippen molar-refractivity contribution in [1.82, 2.24) is 19.0 Å². The first kappa shape index (κ1) is 24.4. The van der Waals surface area contributed by atoms with Gasteiger partial charge in [-0.2, -0.15) is 0 Å². The molecule has 0 fully saturated rings. The van der Waals surface area contributed by atoms with E-state index in [0.29, 0.717) is 0 Å². The molecular weight excluding hydrogens is 499 g/mol. The Labute approximate surface area is 240 Å². The van der Waals surface area contributed by atoms with Gasteiger partial charge in [-0.05, 0) is 51.1 Å². The Morgan fingerprint density at radius 3 is 1.93 bits per heavy atom. The average Bonchev–Trinajstić information content (AvgIpc) is 3.46. The van der Waals surface area contributed by atoms with Crippen LogP contribution in [0.4, 0.5) is 0 Å². The molecular formula is C36H33BN4. The lowest BCUT2D eigenvalue weighted by molar-refractivity contribution is 0.591. The molecule has 8 rings (SSSR count). The first-order valence-electron chi connectivity index (χ1n) is 14.5. The van der Waals surface area contributed by atoms with E-state index in [0.717, 1.165) is 11.0 Å². The molecule has 41 heavy (non-hydrogen) atoms. The summed E-state index contributed by atoms with van der Waals surface area (Å²) in [5.41, 5.74) is 12.4. The van der Waals surface area contributed by atoms with Crippen molar-refractivity contribution in [3.63, 3.8) is 0 Å². The highest BCUT2D eigenvalue weighted by molar-refractivity contribution is 6.88. The van der Waals surface area contributed by atoms with Crippen LogP contribution in [0, 0.1) is 0 Å². The van der Waals surface area contributed by atoms with Crippen LogP contribution in [-0.2, 0) is 10.8 Å². The zero-order valence-electron chi connectivity index (χ0n) is 24.5. The van der Waals surface area contributed by atoms with Crippen LogP contribution in [0.15, 0.2) is 91.4 Å². The third-order valence-electron chi connectivity index (χ3n) is 9.04. The van der Waals surface area contributed by atoms with E-state index < -0.39 is 0 Å². The Hall–Kier alpha value is -4.38. The fraction of sp³-hybridized carbons (Fsp3) is 0.222. The molecule has 0 atom stereocenters. The quantitative estimate of drug-likeness (QED) is 0.209. The largest absolute Gasteiger partial charge is 0.376 e. The van der Waals surface area contributed by atoms with Crippen LogP contribution in [0.1, 0.15) is 52.7 Å². The third-order valence-corrected chi connectivity index (χ3v) is 9.04. The summed E-state index contributed by atoms with van der Waals surface area (Å²) in [5, 5.41) is 3.77. The van der Waals surface area contributed by atoms with Crippen molar-refractivity contribution in [3.8, 4) is 5.69 Å². The second-order valence-electron chi connectivity index (χ2n) is 13.6. The van der Waals surface area contributed by atoms with E-state index in [4.69, 9.17) is 4.98 Å². The van der Waals surface area contributed by atoms with Gasteiger partial charge in [-0.1, -0.05) is 102 Å². The van der Waals surface area contributed by atoms with Crippen molar-refractivity contribution in [1.29, 1.82) is 0 Å². The Bertz CT molecular complexity index is 2110. The number of fused-ring (bicyclic) bond motifs is 8. The van der Waals surface area contributed by atoms with Gasteiger partial charge < -0.3 is 9.05 Å². The number of hydrogen-bond acceptors (Lipinski definition) is 2. The van der Waals surface area contributed by atoms with Crippen LogP contribution in [0.2, 0.25) is 0 Å². The molecule has 3 aromatic heterocycles. The van der Waals surface area contributed by atoms with Gasteiger partial charge in [0.15, 0.2) is 0 Å². The van der Waals surface area contributed by atoms with Crippen molar-refractivity contribution in [2.45, 2.75) is 52.4 Å². The molecule has 4 heterocycles. The molecule has 5 heteroatoms. The summed E-state index contributed by atoms with van der Waals surface area (Å²) < 4.78 is 5.00. The van der Waals surface area contributed by atoms with Crippen LogP contribution in [0.5, 0.6) is 0 Å². The fourth-order valence-corrected chi connectivity index (χ4v) is 6.91. The van der Waals surface area contributed by atoms with Gasteiger partial charge in [0.2, 0.25) is 0 Å². The number of nitrogens with zero attached hydrogens (tertiary/aromatic N) is 4. The molecule has 0 saturated heterocycles. The topological polar surface area (TPSA) is 35.6 Å². The van der Waals surface area contributed by atoms with Gasteiger partial charge in [0.1, 0.15) is 6.33 Å². The van der Waals surface area contributed by atoms with Gasteiger partial charge in [-0.25, -0.2) is 9.97 Å². The summed E-state index contributed by atoms with van der Waals surface area (Å²) in [7, 11) is 0. The molecule has 0 unspecified atom stereocenters. The lowest BCUT2D eigenvalue weighted by Gasteiger charge is -2.29. The highest BCUT2D eigenvalue weighted by atomic mass is 15.0. The molecule has 0 spiro atoms. The van der Waals surface area contributed by atoms with E-state index in [1.165, 1.54) is 60.4 Å². The SMILES string of the molecule is CC(C)(C)c1ccc2c3ccc(C(C)(C)C)cc3n(B3c4ccccc4-n4c5cncnc5c5cccc3c54)c2c1. The van der Waals surface area contributed by atoms with Gasteiger partial charge in [-0.3, -0.25) is 0 Å². The molecule has 1 aliphatic rings. The average molecular weight is 533 g/mol. The van der Waals surface area contributed by atoms with Gasteiger partial charge in [0.05, 0.1) is 22.7 Å². The first-order valence-corrected chi connectivity index (χ1v) is 14.5. The lowest BCUT2D eigenvalue weighted by Crippen LogP contribution is -2.53. The summed E-state index contributed by atoms with van der Waals surface area (Å²) in [6.07, 6.45) is 3.62. The monoisotopic (exact) mass is 532 g/mol. The minimum atomic E-state index is 0.00473. The molecule has 0 N–H and O–H groups in total. The third kappa shape index (κ3) is 3.35. The molecule has 7 aromatic rings. The van der Waals surface area contributed by atoms with E-state index in [9.17, 15) is 0 Å². The van der Waals surface area contributed by atoms with Crippen molar-refractivity contribution >= 4 is 61.5 Å². The maximum atomic E-state index is 4.75. The van der Waals surface area contributed by atoms with Crippen LogP contribution >= 0.6 is 0 Å². The number of aromatic nitrogens is 4. The molecule has 0 radical (unpaired) electrons. The first-order chi connectivity index (χ1) is 19.6. The summed E-state index contributed by atoms with van der Waals surface area (Å²) in [4.78, 5) is 9.17. The highest BCUT2D eigenvalue weighted by Gasteiger charge is 2.36.